The predicted molar refractivity (Wildman–Crippen MR) is 68.4 cm³/mol. The van der Waals surface area contributed by atoms with Crippen molar-refractivity contribution in [3.05, 3.63) is 17.5 Å². The molecule has 0 amide bonds. The second-order valence-electron chi connectivity index (χ2n) is 4.96. The number of anilines is 1. The molecule has 3 rings (SSSR count). The van der Waals surface area contributed by atoms with Crippen LogP contribution >= 0.6 is 11.6 Å². The van der Waals surface area contributed by atoms with Crippen LogP contribution in [-0.2, 0) is 0 Å². The zero-order valence-corrected chi connectivity index (χ0v) is 10.8. The lowest BCUT2D eigenvalue weighted by Gasteiger charge is -2.42. The lowest BCUT2D eigenvalue weighted by molar-refractivity contribution is 0.202. The molecule has 0 aromatic carbocycles. The van der Waals surface area contributed by atoms with E-state index in [4.69, 9.17) is 11.6 Å². The van der Waals surface area contributed by atoms with Crippen LogP contribution in [0.5, 0.6) is 0 Å². The normalized spacial score (nSPS) is 29.4. The zero-order valence-electron chi connectivity index (χ0n) is 10.0. The molecular weight excluding hydrogens is 236 g/mol. The van der Waals surface area contributed by atoms with Gasteiger partial charge in [-0.1, -0.05) is 11.6 Å². The van der Waals surface area contributed by atoms with Crippen LogP contribution in [0.2, 0.25) is 5.15 Å². The van der Waals surface area contributed by atoms with Gasteiger partial charge in [0.25, 0.3) is 0 Å². The van der Waals surface area contributed by atoms with Crippen molar-refractivity contribution < 1.29 is 0 Å². The van der Waals surface area contributed by atoms with Gasteiger partial charge in [-0.3, -0.25) is 4.90 Å². The van der Waals surface area contributed by atoms with E-state index in [-0.39, 0.29) is 0 Å². The molecule has 0 spiro atoms. The Balaban J connectivity index is 1.85. The molecule has 3 heterocycles. The summed E-state index contributed by atoms with van der Waals surface area (Å²) in [6, 6.07) is 1.13. The minimum absolute atomic E-state index is 0.457. The Morgan fingerprint density at radius 1 is 1.29 bits per heavy atom. The molecule has 2 saturated heterocycles. The Morgan fingerprint density at radius 2 is 2.12 bits per heavy atom. The van der Waals surface area contributed by atoms with Gasteiger partial charge in [-0.05, 0) is 26.3 Å². The third kappa shape index (κ3) is 2.00. The molecule has 2 aliphatic heterocycles. The van der Waals surface area contributed by atoms with Crippen LogP contribution in [0.15, 0.2) is 12.4 Å². The topological polar surface area (TPSA) is 32.3 Å². The summed E-state index contributed by atoms with van der Waals surface area (Å²) >= 11 is 6.14. The van der Waals surface area contributed by atoms with Crippen LogP contribution in [0.1, 0.15) is 19.8 Å². The van der Waals surface area contributed by atoms with E-state index in [9.17, 15) is 0 Å². The molecular formula is C12H17ClN4. The van der Waals surface area contributed by atoms with Gasteiger partial charge in [-0.25, -0.2) is 9.97 Å². The fourth-order valence-corrected chi connectivity index (χ4v) is 3.20. The zero-order chi connectivity index (χ0) is 11.8. The van der Waals surface area contributed by atoms with Crippen molar-refractivity contribution in [3.63, 3.8) is 0 Å². The number of rotatable bonds is 1. The molecule has 1 aromatic rings. The monoisotopic (exact) mass is 252 g/mol. The molecule has 0 bridgehead atoms. The standard InChI is InChI=1S/C12H17ClN4/c1-9-7-16-6-2-3-10(16)8-17(9)12-11(13)14-4-5-15-12/h4-5,9-10H,2-3,6-8H2,1H3. The summed E-state index contributed by atoms with van der Waals surface area (Å²) in [6.45, 7) is 5.62. The van der Waals surface area contributed by atoms with Gasteiger partial charge >= 0.3 is 0 Å². The third-order valence-electron chi connectivity index (χ3n) is 3.85. The van der Waals surface area contributed by atoms with Gasteiger partial charge in [0, 0.05) is 37.6 Å². The molecule has 0 saturated carbocycles. The van der Waals surface area contributed by atoms with Crippen molar-refractivity contribution in [2.75, 3.05) is 24.5 Å². The second-order valence-corrected chi connectivity index (χ2v) is 5.32. The highest BCUT2D eigenvalue weighted by atomic mass is 35.5. The number of hydrogen-bond acceptors (Lipinski definition) is 4. The lowest BCUT2D eigenvalue weighted by atomic mass is 10.1. The van der Waals surface area contributed by atoms with Crippen molar-refractivity contribution in [1.29, 1.82) is 0 Å². The van der Waals surface area contributed by atoms with Crippen LogP contribution in [0.3, 0.4) is 0 Å². The first-order chi connectivity index (χ1) is 8.25. The van der Waals surface area contributed by atoms with Crippen LogP contribution in [-0.4, -0.2) is 46.6 Å². The first-order valence-corrected chi connectivity index (χ1v) is 6.60. The van der Waals surface area contributed by atoms with E-state index in [1.165, 1.54) is 19.4 Å². The maximum atomic E-state index is 6.14. The van der Waals surface area contributed by atoms with E-state index in [1.54, 1.807) is 12.4 Å². The average Bonchev–Trinajstić information content (AvgIpc) is 2.76. The summed E-state index contributed by atoms with van der Waals surface area (Å²) in [6.07, 6.45) is 5.97. The fourth-order valence-electron chi connectivity index (χ4n) is 2.99. The van der Waals surface area contributed by atoms with Gasteiger partial charge in [0.15, 0.2) is 11.0 Å². The number of fused-ring (bicyclic) bond motifs is 1. The Hall–Kier alpha value is -0.870. The summed E-state index contributed by atoms with van der Waals surface area (Å²) in [5.74, 6) is 0.841. The summed E-state index contributed by atoms with van der Waals surface area (Å²) in [5.41, 5.74) is 0. The average molecular weight is 253 g/mol. The van der Waals surface area contributed by atoms with E-state index >= 15 is 0 Å². The molecule has 2 atom stereocenters. The molecule has 17 heavy (non-hydrogen) atoms. The lowest BCUT2D eigenvalue weighted by Crippen LogP contribution is -2.55. The summed E-state index contributed by atoms with van der Waals surface area (Å²) < 4.78 is 0. The molecule has 2 fully saturated rings. The first kappa shape index (κ1) is 11.2. The van der Waals surface area contributed by atoms with Gasteiger partial charge in [0.1, 0.15) is 0 Å². The number of piperazine rings is 1. The second kappa shape index (κ2) is 4.42. The van der Waals surface area contributed by atoms with Crippen LogP contribution in [0.25, 0.3) is 0 Å². The van der Waals surface area contributed by atoms with Crippen molar-refractivity contribution in [3.8, 4) is 0 Å². The summed E-state index contributed by atoms with van der Waals surface area (Å²) in [7, 11) is 0. The number of aromatic nitrogens is 2. The maximum absolute atomic E-state index is 6.14. The molecule has 0 N–H and O–H groups in total. The molecule has 1 aromatic heterocycles. The quantitative estimate of drug-likeness (QED) is 0.763. The van der Waals surface area contributed by atoms with Crippen LogP contribution < -0.4 is 4.90 Å². The van der Waals surface area contributed by atoms with E-state index in [1.807, 2.05) is 0 Å². The Bertz CT molecular complexity index is 411. The molecule has 2 aliphatic rings. The summed E-state index contributed by atoms with van der Waals surface area (Å²) in [5, 5.41) is 0.519. The minimum atomic E-state index is 0.457. The number of nitrogens with zero attached hydrogens (tertiary/aromatic N) is 4. The van der Waals surface area contributed by atoms with Crippen molar-refractivity contribution in [2.24, 2.45) is 0 Å². The van der Waals surface area contributed by atoms with E-state index in [2.05, 4.69) is 26.7 Å². The maximum Gasteiger partial charge on any atom is 0.171 e. The Morgan fingerprint density at radius 3 is 2.94 bits per heavy atom. The van der Waals surface area contributed by atoms with Crippen molar-refractivity contribution >= 4 is 17.4 Å². The number of hydrogen-bond donors (Lipinski definition) is 0. The molecule has 0 radical (unpaired) electrons. The Kier molecular flexibility index (Phi) is 2.92. The molecule has 92 valence electrons. The molecule has 2 unspecified atom stereocenters. The SMILES string of the molecule is CC1CN2CCCC2CN1c1nccnc1Cl. The van der Waals surface area contributed by atoms with Crippen LogP contribution in [0, 0.1) is 0 Å². The smallest absolute Gasteiger partial charge is 0.171 e. The predicted octanol–water partition coefficient (Wildman–Crippen LogP) is 1.80. The highest BCUT2D eigenvalue weighted by Crippen LogP contribution is 2.30. The number of halogens is 1. The molecule has 4 nitrogen and oxygen atoms in total. The highest BCUT2D eigenvalue weighted by molar-refractivity contribution is 6.31. The van der Waals surface area contributed by atoms with E-state index < -0.39 is 0 Å². The molecule has 5 heteroatoms. The third-order valence-corrected chi connectivity index (χ3v) is 4.11. The highest BCUT2D eigenvalue weighted by Gasteiger charge is 2.35. The van der Waals surface area contributed by atoms with Gasteiger partial charge in [-0.15, -0.1) is 0 Å². The van der Waals surface area contributed by atoms with E-state index in [0.717, 1.165) is 18.9 Å². The molecule has 0 aliphatic carbocycles. The van der Waals surface area contributed by atoms with Gasteiger partial charge < -0.3 is 4.90 Å². The van der Waals surface area contributed by atoms with Crippen molar-refractivity contribution in [1.82, 2.24) is 14.9 Å². The van der Waals surface area contributed by atoms with Gasteiger partial charge in [0.2, 0.25) is 0 Å². The van der Waals surface area contributed by atoms with Gasteiger partial charge in [0.05, 0.1) is 0 Å². The van der Waals surface area contributed by atoms with Crippen molar-refractivity contribution in [2.45, 2.75) is 31.8 Å². The van der Waals surface area contributed by atoms with Crippen LogP contribution in [0.4, 0.5) is 5.82 Å². The fraction of sp³-hybridized carbons (Fsp3) is 0.667. The minimum Gasteiger partial charge on any atom is -0.348 e. The Labute approximate surface area is 107 Å². The first-order valence-electron chi connectivity index (χ1n) is 6.23. The largest absolute Gasteiger partial charge is 0.348 e. The van der Waals surface area contributed by atoms with E-state index in [0.29, 0.717) is 17.2 Å². The summed E-state index contributed by atoms with van der Waals surface area (Å²) in [4.78, 5) is 13.4. The van der Waals surface area contributed by atoms with Gasteiger partial charge in [-0.2, -0.15) is 0 Å².